The zero-order valence-corrected chi connectivity index (χ0v) is 51.2. The number of hydrogen-bond donors (Lipinski definition) is 0. The second-order valence-corrected chi connectivity index (χ2v) is 19.8. The first-order valence-electron chi connectivity index (χ1n) is 31.6. The van der Waals surface area contributed by atoms with Crippen molar-refractivity contribution < 1.29 is 28.6 Å². The van der Waals surface area contributed by atoms with E-state index in [1.54, 1.807) is 0 Å². The molecule has 0 saturated carbocycles. The first-order valence-corrected chi connectivity index (χ1v) is 31.6. The summed E-state index contributed by atoms with van der Waals surface area (Å²) in [4.78, 5) is 38.2. The summed E-state index contributed by atoms with van der Waals surface area (Å²) in [5.41, 5.74) is 0. The van der Waals surface area contributed by atoms with Crippen molar-refractivity contribution in [2.24, 2.45) is 0 Å². The fraction of sp³-hybridized carbons (Fsp3) is 0.507. The van der Waals surface area contributed by atoms with E-state index in [2.05, 4.69) is 215 Å². The largest absolute Gasteiger partial charge is 0.462 e. The number of esters is 3. The summed E-state index contributed by atoms with van der Waals surface area (Å²) in [5, 5.41) is 0. The summed E-state index contributed by atoms with van der Waals surface area (Å²) in [6.07, 6.45) is 103. The number of rotatable bonds is 54. The molecule has 0 aromatic carbocycles. The molecule has 0 aromatic rings. The van der Waals surface area contributed by atoms with E-state index < -0.39 is 6.10 Å². The van der Waals surface area contributed by atoms with E-state index in [0.29, 0.717) is 19.3 Å². The normalized spacial score (nSPS) is 13.6. The van der Waals surface area contributed by atoms with Crippen LogP contribution in [0.25, 0.3) is 0 Å². The lowest BCUT2D eigenvalue weighted by atomic mass is 10.1. The molecule has 0 radical (unpaired) electrons. The minimum absolute atomic E-state index is 0.134. The van der Waals surface area contributed by atoms with Crippen LogP contribution in [0.4, 0.5) is 0 Å². The highest BCUT2D eigenvalue weighted by Crippen LogP contribution is 2.12. The maximum atomic E-state index is 12.8. The summed E-state index contributed by atoms with van der Waals surface area (Å²) < 4.78 is 16.7. The van der Waals surface area contributed by atoms with Crippen molar-refractivity contribution >= 4 is 17.9 Å². The lowest BCUT2D eigenvalue weighted by Crippen LogP contribution is -2.30. The van der Waals surface area contributed by atoms with Gasteiger partial charge in [0.15, 0.2) is 6.10 Å². The van der Waals surface area contributed by atoms with E-state index in [0.717, 1.165) is 154 Å². The maximum absolute atomic E-state index is 12.8. The molecule has 0 N–H and O–H groups in total. The third-order valence-electron chi connectivity index (χ3n) is 12.3. The predicted molar refractivity (Wildman–Crippen MR) is 352 cm³/mol. The Kier molecular flexibility index (Phi) is 61.6. The third-order valence-corrected chi connectivity index (χ3v) is 12.3. The van der Waals surface area contributed by atoms with Gasteiger partial charge in [-0.2, -0.15) is 0 Å². The standard InChI is InChI=1S/C75H112O6/c1-4-7-10-13-16-19-22-25-27-28-29-30-31-32-33-34-35-36-37-38-39-40-41-42-43-44-45-46-48-50-53-56-59-62-65-68-74(77)80-71-72(70-79-73(76)67-64-61-58-55-52-49-24-21-18-15-12-9-6-3)81-75(78)69-66-63-60-57-54-51-47-26-23-20-17-14-11-8-5-2/h7-12,16-21,25-27,29-30,32-33,35-36,38-39,41-42,44-45,47,49,52,54,57-58,61,72H,4-6,13-15,22-24,28,31,34,37,40,43,46,48,50-51,53,55-56,59-60,62-71H2,1-3H3/b10-7-,11-8-,12-9-,19-16-,20-17-,21-18-,27-25-,30-29-,33-32-,36-35-,39-38-,42-41-,45-44-,47-26-,52-49-,57-54-,61-58-. The molecule has 0 aliphatic carbocycles. The van der Waals surface area contributed by atoms with Crippen LogP contribution in [0.2, 0.25) is 0 Å². The van der Waals surface area contributed by atoms with Gasteiger partial charge in [-0.1, -0.05) is 259 Å². The number of ether oxygens (including phenoxy) is 3. The Morgan fingerprint density at radius 1 is 0.247 bits per heavy atom. The van der Waals surface area contributed by atoms with Crippen molar-refractivity contribution in [1.29, 1.82) is 0 Å². The van der Waals surface area contributed by atoms with Crippen molar-refractivity contribution in [1.82, 2.24) is 0 Å². The number of hydrogen-bond acceptors (Lipinski definition) is 6. The molecule has 0 aliphatic heterocycles. The van der Waals surface area contributed by atoms with Gasteiger partial charge in [0.05, 0.1) is 0 Å². The molecular weight excluding hydrogens is 997 g/mol. The molecule has 6 heteroatoms. The summed E-state index contributed by atoms with van der Waals surface area (Å²) in [5.74, 6) is -1.08. The summed E-state index contributed by atoms with van der Waals surface area (Å²) in [6, 6.07) is 0. The van der Waals surface area contributed by atoms with Gasteiger partial charge in [0.1, 0.15) is 13.2 Å². The quantitative estimate of drug-likeness (QED) is 0.0261. The van der Waals surface area contributed by atoms with E-state index in [1.807, 2.05) is 12.2 Å². The van der Waals surface area contributed by atoms with Gasteiger partial charge in [0, 0.05) is 19.3 Å². The topological polar surface area (TPSA) is 78.9 Å². The van der Waals surface area contributed by atoms with Gasteiger partial charge in [-0.3, -0.25) is 14.4 Å². The van der Waals surface area contributed by atoms with Gasteiger partial charge in [-0.15, -0.1) is 0 Å². The first kappa shape index (κ1) is 75.0. The van der Waals surface area contributed by atoms with Crippen molar-refractivity contribution in [2.75, 3.05) is 13.2 Å². The number of unbranched alkanes of at least 4 members (excludes halogenated alkanes) is 9. The zero-order valence-electron chi connectivity index (χ0n) is 51.2. The average Bonchev–Trinajstić information content (AvgIpc) is 3.46. The lowest BCUT2D eigenvalue weighted by molar-refractivity contribution is -0.166. The molecule has 0 spiro atoms. The molecule has 81 heavy (non-hydrogen) atoms. The Balaban J connectivity index is 4.37. The fourth-order valence-corrected chi connectivity index (χ4v) is 7.67. The van der Waals surface area contributed by atoms with Gasteiger partial charge in [0.25, 0.3) is 0 Å². The van der Waals surface area contributed by atoms with Crippen LogP contribution in [0.3, 0.4) is 0 Å². The Morgan fingerprint density at radius 2 is 0.469 bits per heavy atom. The second kappa shape index (κ2) is 66.5. The van der Waals surface area contributed by atoms with Gasteiger partial charge in [-0.25, -0.2) is 0 Å². The van der Waals surface area contributed by atoms with Crippen LogP contribution < -0.4 is 0 Å². The van der Waals surface area contributed by atoms with Crippen molar-refractivity contribution in [3.05, 3.63) is 207 Å². The molecule has 0 amide bonds. The van der Waals surface area contributed by atoms with Gasteiger partial charge in [-0.05, 0) is 154 Å². The summed E-state index contributed by atoms with van der Waals surface area (Å²) >= 11 is 0. The number of carbonyl (C=O) groups excluding carboxylic acids is 3. The van der Waals surface area contributed by atoms with Crippen LogP contribution in [-0.4, -0.2) is 37.2 Å². The minimum atomic E-state index is -0.846. The zero-order chi connectivity index (χ0) is 58.5. The molecule has 0 aliphatic rings. The highest BCUT2D eigenvalue weighted by Gasteiger charge is 2.19. The number of carbonyl (C=O) groups is 3. The monoisotopic (exact) mass is 1110 g/mol. The first-order chi connectivity index (χ1) is 40.0. The Hall–Kier alpha value is -6.01. The van der Waals surface area contributed by atoms with Crippen LogP contribution in [0.1, 0.15) is 226 Å². The van der Waals surface area contributed by atoms with Crippen molar-refractivity contribution in [3.8, 4) is 0 Å². The highest BCUT2D eigenvalue weighted by molar-refractivity contribution is 5.71. The Bertz CT molecular complexity index is 2000. The fourth-order valence-electron chi connectivity index (χ4n) is 7.67. The number of allylic oxidation sites excluding steroid dienone is 34. The third kappa shape index (κ3) is 64.7. The van der Waals surface area contributed by atoms with E-state index in [-0.39, 0.29) is 44.0 Å². The molecule has 0 fully saturated rings. The SMILES string of the molecule is CC/C=C\C/C=C\C/C=C\C/C=C\C/C=C\C/C=C\C/C=C\C/C=C\C/C=C\CCCCCCCCCC(=O)OCC(COC(=O)CC/C=C\C/C=C\C/C=C\C/C=C\CC)OC(=O)CCCC/C=C\C/C=C\C/C=C\C/C=C\CC. The molecule has 448 valence electrons. The van der Waals surface area contributed by atoms with E-state index >= 15 is 0 Å². The molecular formula is C75H112O6. The lowest BCUT2D eigenvalue weighted by Gasteiger charge is -2.18. The van der Waals surface area contributed by atoms with E-state index in [1.165, 1.54) is 19.3 Å². The predicted octanol–water partition coefficient (Wildman–Crippen LogP) is 22.0. The van der Waals surface area contributed by atoms with Crippen LogP contribution in [0.15, 0.2) is 207 Å². The van der Waals surface area contributed by atoms with Crippen LogP contribution >= 0.6 is 0 Å². The van der Waals surface area contributed by atoms with E-state index in [9.17, 15) is 14.4 Å². The molecule has 0 aromatic heterocycles. The molecule has 1 atom stereocenters. The molecule has 0 rings (SSSR count). The second-order valence-electron chi connectivity index (χ2n) is 19.8. The van der Waals surface area contributed by atoms with E-state index in [4.69, 9.17) is 14.2 Å². The molecule has 0 heterocycles. The minimum Gasteiger partial charge on any atom is -0.462 e. The maximum Gasteiger partial charge on any atom is 0.306 e. The van der Waals surface area contributed by atoms with Crippen molar-refractivity contribution in [3.63, 3.8) is 0 Å². The van der Waals surface area contributed by atoms with Crippen LogP contribution in [0.5, 0.6) is 0 Å². The molecule has 1 unspecified atom stereocenters. The summed E-state index contributed by atoms with van der Waals surface area (Å²) in [6.45, 7) is 6.16. The van der Waals surface area contributed by atoms with Crippen LogP contribution in [-0.2, 0) is 28.6 Å². The molecule has 0 bridgehead atoms. The average molecular weight is 1110 g/mol. The Labute approximate surface area is 496 Å². The highest BCUT2D eigenvalue weighted by atomic mass is 16.6. The summed E-state index contributed by atoms with van der Waals surface area (Å²) in [7, 11) is 0. The smallest absolute Gasteiger partial charge is 0.306 e. The molecule has 0 saturated heterocycles. The van der Waals surface area contributed by atoms with Gasteiger partial charge in [0.2, 0.25) is 0 Å². The van der Waals surface area contributed by atoms with Crippen LogP contribution in [0, 0.1) is 0 Å². The molecule has 6 nitrogen and oxygen atoms in total. The van der Waals surface area contributed by atoms with Gasteiger partial charge >= 0.3 is 17.9 Å². The van der Waals surface area contributed by atoms with Crippen molar-refractivity contribution in [2.45, 2.75) is 232 Å². The Morgan fingerprint density at radius 3 is 0.790 bits per heavy atom. The van der Waals surface area contributed by atoms with Gasteiger partial charge < -0.3 is 14.2 Å².